The Labute approximate surface area is 168 Å². The maximum absolute atomic E-state index is 12.4. The summed E-state index contributed by atoms with van der Waals surface area (Å²) in [6.45, 7) is 0.485. The average Bonchev–Trinajstić information content (AvgIpc) is 2.75. The van der Waals surface area contributed by atoms with Gasteiger partial charge in [0.05, 0.1) is 23.5 Å². The van der Waals surface area contributed by atoms with Crippen molar-refractivity contribution >= 4 is 23.0 Å². The number of aromatic nitrogens is 1. The summed E-state index contributed by atoms with van der Waals surface area (Å²) in [5.74, 6) is 0.340. The van der Waals surface area contributed by atoms with Crippen molar-refractivity contribution in [1.29, 1.82) is 5.26 Å². The minimum Gasteiger partial charge on any atom is -0.397 e. The van der Waals surface area contributed by atoms with E-state index in [2.05, 4.69) is 20.9 Å². The van der Waals surface area contributed by atoms with Gasteiger partial charge in [-0.1, -0.05) is 24.3 Å². The lowest BCUT2D eigenvalue weighted by Crippen LogP contribution is -2.19. The second-order valence-electron chi connectivity index (χ2n) is 6.14. The van der Waals surface area contributed by atoms with Gasteiger partial charge in [-0.2, -0.15) is 5.26 Å². The molecule has 0 aliphatic heterocycles. The van der Waals surface area contributed by atoms with Crippen molar-refractivity contribution in [1.82, 2.24) is 10.3 Å². The third kappa shape index (κ3) is 5.58. The summed E-state index contributed by atoms with van der Waals surface area (Å²) >= 11 is 0. The Morgan fingerprint density at radius 3 is 2.45 bits per heavy atom. The number of nitrogen functional groups attached to an aromatic ring is 1. The number of nitrogens with one attached hydrogen (secondary N) is 3. The van der Waals surface area contributed by atoms with Crippen LogP contribution in [-0.4, -0.2) is 10.9 Å². The van der Waals surface area contributed by atoms with Gasteiger partial charge in [-0.05, 0) is 42.0 Å². The largest absolute Gasteiger partial charge is 0.397 e. The molecule has 5 N–H and O–H groups in total. The van der Waals surface area contributed by atoms with Crippen molar-refractivity contribution in [3.63, 3.8) is 0 Å². The molecule has 0 unspecified atom stereocenters. The van der Waals surface area contributed by atoms with E-state index in [0.717, 1.165) is 11.3 Å². The molecule has 2 aromatic carbocycles. The van der Waals surface area contributed by atoms with E-state index in [9.17, 15) is 4.79 Å². The minimum atomic E-state index is -0.230. The van der Waals surface area contributed by atoms with Crippen molar-refractivity contribution in [2.75, 3.05) is 16.4 Å². The van der Waals surface area contributed by atoms with E-state index in [-0.39, 0.29) is 5.91 Å². The Kier molecular flexibility index (Phi) is 6.42. The summed E-state index contributed by atoms with van der Waals surface area (Å²) in [5, 5.41) is 18.1. The fourth-order valence-corrected chi connectivity index (χ4v) is 2.56. The molecule has 1 heterocycles. The van der Waals surface area contributed by atoms with E-state index in [1.54, 1.807) is 48.8 Å². The first-order valence-electron chi connectivity index (χ1n) is 8.91. The van der Waals surface area contributed by atoms with E-state index in [1.165, 1.54) is 6.08 Å². The molecule has 29 heavy (non-hydrogen) atoms. The SMILES string of the molecule is N#C/C=C(\NCc1ccc(C(=O)Nc2ccccc2N)cc1)Nc1ccncc1. The van der Waals surface area contributed by atoms with Gasteiger partial charge in [0.15, 0.2) is 0 Å². The van der Waals surface area contributed by atoms with Crippen molar-refractivity contribution in [2.24, 2.45) is 0 Å². The number of anilines is 3. The minimum absolute atomic E-state index is 0.230. The van der Waals surface area contributed by atoms with Crippen LogP contribution in [0.5, 0.6) is 0 Å². The number of pyridine rings is 1. The topological polar surface area (TPSA) is 116 Å². The van der Waals surface area contributed by atoms with Crippen LogP contribution in [0.4, 0.5) is 17.1 Å². The zero-order valence-corrected chi connectivity index (χ0v) is 15.6. The molecular formula is C22H20N6O. The summed E-state index contributed by atoms with van der Waals surface area (Å²) in [4.78, 5) is 16.4. The summed E-state index contributed by atoms with van der Waals surface area (Å²) in [6.07, 6.45) is 4.73. The molecule has 0 saturated carbocycles. The molecule has 3 rings (SSSR count). The molecule has 1 amide bonds. The van der Waals surface area contributed by atoms with E-state index < -0.39 is 0 Å². The number of amides is 1. The number of carbonyl (C=O) groups is 1. The molecule has 144 valence electrons. The maximum Gasteiger partial charge on any atom is 0.255 e. The predicted molar refractivity (Wildman–Crippen MR) is 114 cm³/mol. The number of hydrogen-bond donors (Lipinski definition) is 4. The van der Waals surface area contributed by atoms with Gasteiger partial charge < -0.3 is 21.7 Å². The first-order valence-corrected chi connectivity index (χ1v) is 8.91. The third-order valence-corrected chi connectivity index (χ3v) is 4.08. The smallest absolute Gasteiger partial charge is 0.255 e. The van der Waals surface area contributed by atoms with Crippen LogP contribution in [0, 0.1) is 11.3 Å². The molecule has 0 fully saturated rings. The fourth-order valence-electron chi connectivity index (χ4n) is 2.56. The Hall–Kier alpha value is -4.31. The van der Waals surface area contributed by atoms with Crippen LogP contribution in [0.2, 0.25) is 0 Å². The highest BCUT2D eigenvalue weighted by atomic mass is 16.1. The molecule has 0 radical (unpaired) electrons. The van der Waals surface area contributed by atoms with Crippen molar-refractivity contribution in [2.45, 2.75) is 6.54 Å². The molecular weight excluding hydrogens is 364 g/mol. The van der Waals surface area contributed by atoms with Crippen LogP contribution in [0.1, 0.15) is 15.9 Å². The summed E-state index contributed by atoms with van der Waals surface area (Å²) < 4.78 is 0. The second kappa shape index (κ2) is 9.58. The standard InChI is InChI=1S/C22H20N6O/c23-12-9-21(27-18-10-13-25-14-11-18)26-15-16-5-7-17(8-6-16)22(29)28-20-4-2-1-3-19(20)24/h1-11,13-14,26H,15,24H2,(H,25,27)(H,28,29)/b21-9+. The highest BCUT2D eigenvalue weighted by molar-refractivity contribution is 6.05. The lowest BCUT2D eigenvalue weighted by molar-refractivity contribution is 0.102. The molecule has 0 aliphatic rings. The van der Waals surface area contributed by atoms with Gasteiger partial charge in [-0.15, -0.1) is 0 Å². The van der Waals surface area contributed by atoms with Crippen molar-refractivity contribution < 1.29 is 4.79 Å². The number of carbonyl (C=O) groups excluding carboxylic acids is 1. The number of nitrogens with zero attached hydrogens (tertiary/aromatic N) is 2. The van der Waals surface area contributed by atoms with Crippen LogP contribution >= 0.6 is 0 Å². The molecule has 0 saturated heterocycles. The van der Waals surface area contributed by atoms with Gasteiger partial charge in [0, 0.05) is 30.2 Å². The first kappa shape index (κ1) is 19.5. The number of rotatable bonds is 7. The van der Waals surface area contributed by atoms with Gasteiger partial charge in [-0.25, -0.2) is 0 Å². The lowest BCUT2D eigenvalue weighted by atomic mass is 10.1. The van der Waals surface area contributed by atoms with Gasteiger partial charge in [-0.3, -0.25) is 9.78 Å². The quantitative estimate of drug-likeness (QED) is 0.366. The van der Waals surface area contributed by atoms with Crippen LogP contribution in [0.25, 0.3) is 0 Å². The van der Waals surface area contributed by atoms with Crippen LogP contribution in [-0.2, 0) is 6.54 Å². The lowest BCUT2D eigenvalue weighted by Gasteiger charge is -2.13. The fraction of sp³-hybridized carbons (Fsp3) is 0.0455. The highest BCUT2D eigenvalue weighted by Crippen LogP contribution is 2.18. The number of nitriles is 1. The van der Waals surface area contributed by atoms with E-state index >= 15 is 0 Å². The van der Waals surface area contributed by atoms with Crippen molar-refractivity contribution in [3.05, 3.63) is 96.1 Å². The van der Waals surface area contributed by atoms with Crippen molar-refractivity contribution in [3.8, 4) is 6.07 Å². The predicted octanol–water partition coefficient (Wildman–Crippen LogP) is 3.48. The maximum atomic E-state index is 12.4. The second-order valence-corrected chi connectivity index (χ2v) is 6.14. The first-order chi connectivity index (χ1) is 14.2. The van der Waals surface area contributed by atoms with Crippen LogP contribution < -0.4 is 21.7 Å². The van der Waals surface area contributed by atoms with Gasteiger partial charge >= 0.3 is 0 Å². The zero-order valence-electron chi connectivity index (χ0n) is 15.6. The average molecular weight is 384 g/mol. The molecule has 1 aromatic heterocycles. The molecule has 7 heteroatoms. The third-order valence-electron chi connectivity index (χ3n) is 4.08. The van der Waals surface area contributed by atoms with E-state index in [0.29, 0.717) is 29.3 Å². The zero-order chi connectivity index (χ0) is 20.5. The Morgan fingerprint density at radius 2 is 1.76 bits per heavy atom. The van der Waals surface area contributed by atoms with E-state index in [1.807, 2.05) is 30.3 Å². The number of benzene rings is 2. The molecule has 3 aromatic rings. The Morgan fingerprint density at radius 1 is 1.03 bits per heavy atom. The van der Waals surface area contributed by atoms with Gasteiger partial charge in [0.25, 0.3) is 5.91 Å². The summed E-state index contributed by atoms with van der Waals surface area (Å²) in [5.41, 5.74) is 9.26. The highest BCUT2D eigenvalue weighted by Gasteiger charge is 2.08. The molecule has 0 atom stereocenters. The number of nitrogens with two attached hydrogens (primary N) is 1. The normalized spacial score (nSPS) is 10.7. The monoisotopic (exact) mass is 384 g/mol. The summed E-state index contributed by atoms with van der Waals surface area (Å²) in [6, 6.07) is 19.9. The number of allylic oxidation sites excluding steroid dienone is 1. The molecule has 0 aliphatic carbocycles. The van der Waals surface area contributed by atoms with Gasteiger partial charge in [0.1, 0.15) is 5.82 Å². The van der Waals surface area contributed by atoms with E-state index in [4.69, 9.17) is 11.0 Å². The molecule has 0 bridgehead atoms. The Bertz CT molecular complexity index is 1040. The number of hydrogen-bond acceptors (Lipinski definition) is 6. The summed E-state index contributed by atoms with van der Waals surface area (Å²) in [7, 11) is 0. The molecule has 0 spiro atoms. The Balaban J connectivity index is 1.59. The molecule has 7 nitrogen and oxygen atoms in total. The van der Waals surface area contributed by atoms with Crippen LogP contribution in [0.15, 0.2) is 85.0 Å². The van der Waals surface area contributed by atoms with Crippen LogP contribution in [0.3, 0.4) is 0 Å². The van der Waals surface area contributed by atoms with Gasteiger partial charge in [0.2, 0.25) is 0 Å². The number of para-hydroxylation sites is 2.